The molecule has 3 nitrogen and oxygen atoms in total. The van der Waals surface area contributed by atoms with E-state index in [2.05, 4.69) is 15.0 Å². The van der Waals surface area contributed by atoms with Gasteiger partial charge in [-0.05, 0) is 23.2 Å². The van der Waals surface area contributed by atoms with Crippen LogP contribution in [0.25, 0.3) is 0 Å². The lowest BCUT2D eigenvalue weighted by Crippen LogP contribution is -2.02. The summed E-state index contributed by atoms with van der Waals surface area (Å²) in [5, 5.41) is 0.192. The molecular formula is C14H11Cl2N3. The van der Waals surface area contributed by atoms with Gasteiger partial charge in [-0.25, -0.2) is 9.97 Å². The molecule has 0 aromatic carbocycles. The van der Waals surface area contributed by atoms with Crippen molar-refractivity contribution >= 4 is 23.2 Å². The van der Waals surface area contributed by atoms with Gasteiger partial charge in [-0.2, -0.15) is 4.98 Å². The first kappa shape index (κ1) is 13.7. The monoisotopic (exact) mass is 291 g/mol. The fourth-order valence-electron chi connectivity index (χ4n) is 1.48. The fraction of sp³-hybridized carbons (Fsp3) is 0.0714. The summed E-state index contributed by atoms with van der Waals surface area (Å²) >= 11 is 11.6. The summed E-state index contributed by atoms with van der Waals surface area (Å²) in [5.74, 6) is 0.414. The summed E-state index contributed by atoms with van der Waals surface area (Å²) < 4.78 is 0. The maximum Gasteiger partial charge on any atom is 0.226 e. The summed E-state index contributed by atoms with van der Waals surface area (Å²) in [6, 6.07) is 0. The maximum atomic E-state index is 5.79. The molecule has 0 saturated heterocycles. The lowest BCUT2D eigenvalue weighted by atomic mass is 10.1. The van der Waals surface area contributed by atoms with E-state index in [9.17, 15) is 0 Å². The van der Waals surface area contributed by atoms with Gasteiger partial charge in [0.25, 0.3) is 0 Å². The van der Waals surface area contributed by atoms with Crippen molar-refractivity contribution in [2.24, 2.45) is 0 Å². The minimum atomic E-state index is -0.106. The molecular weight excluding hydrogens is 281 g/mol. The van der Waals surface area contributed by atoms with Gasteiger partial charge in [0.05, 0.1) is 5.92 Å². The van der Waals surface area contributed by atoms with Crippen LogP contribution >= 0.6 is 23.2 Å². The first-order chi connectivity index (χ1) is 9.25. The van der Waals surface area contributed by atoms with Crippen LogP contribution < -0.4 is 0 Å². The number of hydrogen-bond donors (Lipinski definition) is 0. The van der Waals surface area contributed by atoms with Crippen LogP contribution in [0.2, 0.25) is 10.6 Å². The molecule has 1 aliphatic carbocycles. The highest BCUT2D eigenvalue weighted by Gasteiger charge is 2.10. The van der Waals surface area contributed by atoms with E-state index in [-0.39, 0.29) is 16.5 Å². The van der Waals surface area contributed by atoms with E-state index >= 15 is 0 Å². The van der Waals surface area contributed by atoms with Crippen molar-refractivity contribution in [2.45, 2.75) is 5.92 Å². The maximum absolute atomic E-state index is 5.79. The van der Waals surface area contributed by atoms with E-state index in [1.54, 1.807) is 0 Å². The minimum Gasteiger partial charge on any atom is -0.202 e. The molecule has 1 heterocycles. The van der Waals surface area contributed by atoms with Crippen LogP contribution in [0.5, 0.6) is 0 Å². The molecule has 0 saturated carbocycles. The van der Waals surface area contributed by atoms with E-state index in [1.807, 2.05) is 60.8 Å². The van der Waals surface area contributed by atoms with E-state index in [1.165, 1.54) is 0 Å². The fourth-order valence-corrected chi connectivity index (χ4v) is 1.85. The van der Waals surface area contributed by atoms with E-state index in [4.69, 9.17) is 23.2 Å². The molecule has 1 aliphatic rings. The molecule has 0 aliphatic heterocycles. The third kappa shape index (κ3) is 4.47. The summed E-state index contributed by atoms with van der Waals surface area (Å²) in [5.41, 5.74) is 0. The van der Waals surface area contributed by atoms with Crippen molar-refractivity contribution < 1.29 is 0 Å². The Morgan fingerprint density at radius 1 is 0.632 bits per heavy atom. The number of nitrogens with zero attached hydrogens (tertiary/aromatic N) is 3. The second-order valence-electron chi connectivity index (χ2n) is 3.68. The Morgan fingerprint density at radius 3 is 1.53 bits per heavy atom. The number of hydrogen-bond acceptors (Lipinski definition) is 3. The highest BCUT2D eigenvalue weighted by Crippen LogP contribution is 2.18. The van der Waals surface area contributed by atoms with E-state index in [0.717, 1.165) is 0 Å². The first-order valence-corrected chi connectivity index (χ1v) is 6.43. The lowest BCUT2D eigenvalue weighted by molar-refractivity contribution is 0.872. The lowest BCUT2D eigenvalue weighted by Gasteiger charge is -2.06. The largest absolute Gasteiger partial charge is 0.226 e. The molecule has 1 unspecified atom stereocenters. The smallest absolute Gasteiger partial charge is 0.202 e. The van der Waals surface area contributed by atoms with Crippen molar-refractivity contribution in [3.63, 3.8) is 0 Å². The molecule has 1 atom stereocenters. The predicted octanol–water partition coefficient (Wildman–Crippen LogP) is 4.06. The Bertz CT molecular complexity index is 540. The van der Waals surface area contributed by atoms with Crippen molar-refractivity contribution in [2.75, 3.05) is 0 Å². The van der Waals surface area contributed by atoms with Gasteiger partial charge < -0.3 is 0 Å². The Hall–Kier alpha value is -1.71. The molecule has 19 heavy (non-hydrogen) atoms. The van der Waals surface area contributed by atoms with Crippen molar-refractivity contribution in [1.82, 2.24) is 15.0 Å². The first-order valence-electron chi connectivity index (χ1n) is 5.67. The van der Waals surface area contributed by atoms with Crippen LogP contribution in [-0.4, -0.2) is 15.0 Å². The average Bonchev–Trinajstić information content (AvgIpc) is 2.42. The van der Waals surface area contributed by atoms with Gasteiger partial charge in [-0.3, -0.25) is 0 Å². The zero-order valence-corrected chi connectivity index (χ0v) is 11.5. The molecule has 0 fully saturated rings. The Kier molecular flexibility index (Phi) is 5.07. The standard InChI is InChI=1S/C14H11Cl2N3/c15-13-17-12(18-14(16)19-13)11-9-7-5-3-1-2-4-6-8-10-11/h1-11H/b2-1-,5-3-,6-4-,9-7-,10-8?. The van der Waals surface area contributed by atoms with Gasteiger partial charge in [0.15, 0.2) is 0 Å². The average molecular weight is 292 g/mol. The van der Waals surface area contributed by atoms with Crippen LogP contribution in [-0.2, 0) is 0 Å². The topological polar surface area (TPSA) is 38.7 Å². The van der Waals surface area contributed by atoms with E-state index in [0.29, 0.717) is 5.82 Å². The molecule has 0 amide bonds. The van der Waals surface area contributed by atoms with E-state index < -0.39 is 0 Å². The summed E-state index contributed by atoms with van der Waals surface area (Å²) in [7, 11) is 0. The van der Waals surface area contributed by atoms with Crippen LogP contribution in [0.3, 0.4) is 0 Å². The van der Waals surface area contributed by atoms with Crippen molar-refractivity contribution in [3.05, 3.63) is 77.2 Å². The van der Waals surface area contributed by atoms with Gasteiger partial charge in [0.1, 0.15) is 5.82 Å². The third-order valence-electron chi connectivity index (χ3n) is 2.31. The highest BCUT2D eigenvalue weighted by atomic mass is 35.5. The number of rotatable bonds is 1. The quantitative estimate of drug-likeness (QED) is 0.783. The van der Waals surface area contributed by atoms with Crippen molar-refractivity contribution in [3.8, 4) is 0 Å². The molecule has 0 spiro atoms. The van der Waals surface area contributed by atoms with Crippen LogP contribution in [0.15, 0.2) is 60.8 Å². The molecule has 0 bridgehead atoms. The zero-order valence-electron chi connectivity index (χ0n) is 9.95. The van der Waals surface area contributed by atoms with Gasteiger partial charge >= 0.3 is 0 Å². The van der Waals surface area contributed by atoms with Crippen molar-refractivity contribution in [1.29, 1.82) is 0 Å². The third-order valence-corrected chi connectivity index (χ3v) is 2.65. The SMILES string of the molecule is Clc1nc(Cl)nc(C2C=C\C=C/C=C\C=C/C=C\2)n1. The molecule has 2 rings (SSSR count). The number of aromatic nitrogens is 3. The second-order valence-corrected chi connectivity index (χ2v) is 4.36. The Balaban J connectivity index is 2.34. The highest BCUT2D eigenvalue weighted by molar-refractivity contribution is 6.31. The molecule has 0 radical (unpaired) electrons. The molecule has 0 N–H and O–H groups in total. The summed E-state index contributed by atoms with van der Waals surface area (Å²) in [6.07, 6.45) is 19.4. The summed E-state index contributed by atoms with van der Waals surface area (Å²) in [6.45, 7) is 0. The number of allylic oxidation sites excluding steroid dienone is 10. The molecule has 1 aromatic heterocycles. The van der Waals surface area contributed by atoms with Crippen LogP contribution in [0.4, 0.5) is 0 Å². The molecule has 96 valence electrons. The van der Waals surface area contributed by atoms with Gasteiger partial charge in [0, 0.05) is 0 Å². The summed E-state index contributed by atoms with van der Waals surface area (Å²) in [4.78, 5) is 11.9. The molecule has 1 aromatic rings. The molecule has 5 heteroatoms. The van der Waals surface area contributed by atoms with Gasteiger partial charge in [-0.1, -0.05) is 60.8 Å². The minimum absolute atomic E-state index is 0.0962. The van der Waals surface area contributed by atoms with Crippen LogP contribution in [0, 0.1) is 0 Å². The Labute approximate surface area is 121 Å². The normalized spacial score (nSPS) is 25.3. The van der Waals surface area contributed by atoms with Crippen LogP contribution in [0.1, 0.15) is 11.7 Å². The zero-order chi connectivity index (χ0) is 13.5. The Morgan fingerprint density at radius 2 is 1.05 bits per heavy atom. The predicted molar refractivity (Wildman–Crippen MR) is 78.3 cm³/mol. The van der Waals surface area contributed by atoms with Gasteiger partial charge in [-0.15, -0.1) is 0 Å². The second kappa shape index (κ2) is 7.02. The van der Waals surface area contributed by atoms with Gasteiger partial charge in [0.2, 0.25) is 10.6 Å². The number of halogens is 2.